The first kappa shape index (κ1) is 17.6. The Hall–Kier alpha value is -1.50. The molecule has 1 amide bonds. The van der Waals surface area contributed by atoms with Gasteiger partial charge in [0.25, 0.3) is 6.01 Å². The van der Waals surface area contributed by atoms with Crippen LogP contribution in [0, 0.1) is 0 Å². The van der Waals surface area contributed by atoms with E-state index in [0.717, 1.165) is 12.8 Å². The maximum absolute atomic E-state index is 11.9. The number of benzene rings is 1. The zero-order chi connectivity index (χ0) is 13.6. The molecule has 0 spiro atoms. The summed E-state index contributed by atoms with van der Waals surface area (Å²) in [6, 6.07) is 5.91. The maximum Gasteiger partial charge on any atom is 0.297 e. The summed E-state index contributed by atoms with van der Waals surface area (Å²) in [6.07, 6.45) is 1.49. The number of nitrogens with zero attached hydrogens (tertiary/aromatic N) is 2. The van der Waals surface area contributed by atoms with Crippen LogP contribution in [0.5, 0.6) is 0 Å². The van der Waals surface area contributed by atoms with Gasteiger partial charge in [0, 0.05) is 19.8 Å². The molecular weight excluding hydrogens is 315 g/mol. The van der Waals surface area contributed by atoms with E-state index in [9.17, 15) is 4.79 Å². The fraction of sp³-hybridized carbons (Fsp3) is 0.385. The van der Waals surface area contributed by atoms with E-state index in [4.69, 9.17) is 10.2 Å². The molecule has 2 aromatic rings. The van der Waals surface area contributed by atoms with E-state index in [1.54, 1.807) is 23.1 Å². The molecule has 0 bridgehead atoms. The lowest BCUT2D eigenvalue weighted by molar-refractivity contribution is -0.118. The van der Waals surface area contributed by atoms with Crippen LogP contribution >= 0.6 is 24.8 Å². The molecule has 1 aromatic heterocycles. The standard InChI is InChI=1S/C13H16N4O2.2ClH/c1-17(2)12-16-9-7-8(3-4-10(9)19-12)15-11(18)13(14)5-6-13;;/h3-4,7H,5-6,14H2,1-2H3,(H,15,18);2*1H. The Labute approximate surface area is 134 Å². The van der Waals surface area contributed by atoms with Crippen molar-refractivity contribution in [1.82, 2.24) is 4.98 Å². The molecule has 1 aliphatic rings. The van der Waals surface area contributed by atoms with Crippen LogP contribution in [0.25, 0.3) is 11.1 Å². The van der Waals surface area contributed by atoms with Gasteiger partial charge in [-0.2, -0.15) is 4.98 Å². The zero-order valence-electron chi connectivity index (χ0n) is 11.8. The summed E-state index contributed by atoms with van der Waals surface area (Å²) in [5, 5.41) is 2.82. The Bertz CT molecular complexity index is 653. The number of carbonyl (C=O) groups excluding carboxylic acids is 1. The molecule has 0 unspecified atom stereocenters. The van der Waals surface area contributed by atoms with Gasteiger partial charge in [0.15, 0.2) is 5.58 Å². The first-order valence-corrected chi connectivity index (χ1v) is 6.16. The average Bonchev–Trinajstić information content (AvgIpc) is 2.97. The summed E-state index contributed by atoms with van der Waals surface area (Å²) in [5.41, 5.74) is 7.26. The second-order valence-corrected chi connectivity index (χ2v) is 5.18. The van der Waals surface area contributed by atoms with Gasteiger partial charge >= 0.3 is 0 Å². The topological polar surface area (TPSA) is 84.4 Å². The van der Waals surface area contributed by atoms with Crippen molar-refractivity contribution in [1.29, 1.82) is 0 Å². The molecule has 0 atom stereocenters. The minimum absolute atomic E-state index is 0. The van der Waals surface area contributed by atoms with Crippen LogP contribution in [0.15, 0.2) is 22.6 Å². The summed E-state index contributed by atoms with van der Waals surface area (Å²) in [4.78, 5) is 18.0. The lowest BCUT2D eigenvalue weighted by Gasteiger charge is -2.09. The highest BCUT2D eigenvalue weighted by atomic mass is 35.5. The molecule has 0 radical (unpaired) electrons. The number of hydrogen-bond acceptors (Lipinski definition) is 5. The van der Waals surface area contributed by atoms with Crippen LogP contribution in [0.1, 0.15) is 12.8 Å². The molecule has 1 saturated carbocycles. The number of aromatic nitrogens is 1. The van der Waals surface area contributed by atoms with Crippen LogP contribution in [0.4, 0.5) is 11.7 Å². The molecule has 1 fully saturated rings. The largest absolute Gasteiger partial charge is 0.423 e. The van der Waals surface area contributed by atoms with Crippen LogP contribution in [0.3, 0.4) is 0 Å². The molecule has 1 heterocycles. The molecule has 6 nitrogen and oxygen atoms in total. The van der Waals surface area contributed by atoms with E-state index in [1.165, 1.54) is 0 Å². The third-order valence-electron chi connectivity index (χ3n) is 3.26. The van der Waals surface area contributed by atoms with Crippen molar-refractivity contribution in [3.63, 3.8) is 0 Å². The minimum atomic E-state index is -0.673. The molecule has 0 aliphatic heterocycles. The molecule has 0 saturated heterocycles. The first-order chi connectivity index (χ1) is 8.98. The predicted octanol–water partition coefficient (Wildman–Crippen LogP) is 2.17. The highest BCUT2D eigenvalue weighted by Crippen LogP contribution is 2.33. The number of anilines is 2. The fourth-order valence-corrected chi connectivity index (χ4v) is 1.80. The number of fused-ring (bicyclic) bond motifs is 1. The monoisotopic (exact) mass is 332 g/mol. The molecule has 116 valence electrons. The Morgan fingerprint density at radius 2 is 2.05 bits per heavy atom. The molecule has 1 aromatic carbocycles. The number of nitrogens with two attached hydrogens (primary N) is 1. The van der Waals surface area contributed by atoms with Gasteiger partial charge < -0.3 is 20.4 Å². The molecule has 21 heavy (non-hydrogen) atoms. The van der Waals surface area contributed by atoms with Crippen molar-refractivity contribution in [2.45, 2.75) is 18.4 Å². The maximum atomic E-state index is 11.9. The lowest BCUT2D eigenvalue weighted by Crippen LogP contribution is -2.37. The van der Waals surface area contributed by atoms with Crippen molar-refractivity contribution in [3.05, 3.63) is 18.2 Å². The third-order valence-corrected chi connectivity index (χ3v) is 3.26. The summed E-state index contributed by atoms with van der Waals surface area (Å²) in [5.74, 6) is -0.136. The van der Waals surface area contributed by atoms with Gasteiger partial charge in [0.1, 0.15) is 5.52 Å². The van der Waals surface area contributed by atoms with E-state index < -0.39 is 5.54 Å². The van der Waals surface area contributed by atoms with Gasteiger partial charge in [-0.1, -0.05) is 0 Å². The van der Waals surface area contributed by atoms with Crippen molar-refractivity contribution in [2.24, 2.45) is 5.73 Å². The van der Waals surface area contributed by atoms with E-state index in [-0.39, 0.29) is 30.7 Å². The van der Waals surface area contributed by atoms with Gasteiger partial charge in [-0.15, -0.1) is 24.8 Å². The Balaban J connectivity index is 0.00000110. The number of carbonyl (C=O) groups is 1. The molecule has 1 aliphatic carbocycles. The molecule has 3 N–H and O–H groups in total. The molecular formula is C13H18Cl2N4O2. The van der Waals surface area contributed by atoms with Crippen LogP contribution in [-0.2, 0) is 4.79 Å². The number of nitrogens with one attached hydrogen (secondary N) is 1. The van der Waals surface area contributed by atoms with Crippen molar-refractivity contribution in [3.8, 4) is 0 Å². The van der Waals surface area contributed by atoms with Gasteiger partial charge in [-0.05, 0) is 31.0 Å². The van der Waals surface area contributed by atoms with Gasteiger partial charge in [0.05, 0.1) is 5.54 Å². The van der Waals surface area contributed by atoms with Gasteiger partial charge in [-0.25, -0.2) is 0 Å². The summed E-state index contributed by atoms with van der Waals surface area (Å²) >= 11 is 0. The number of rotatable bonds is 3. The Kier molecular flexibility index (Phi) is 5.09. The highest BCUT2D eigenvalue weighted by Gasteiger charge is 2.45. The second kappa shape index (κ2) is 6.09. The zero-order valence-corrected chi connectivity index (χ0v) is 13.4. The number of oxazole rings is 1. The molecule has 8 heteroatoms. The smallest absolute Gasteiger partial charge is 0.297 e. The second-order valence-electron chi connectivity index (χ2n) is 5.18. The summed E-state index contributed by atoms with van der Waals surface area (Å²) < 4.78 is 5.55. The third kappa shape index (κ3) is 3.40. The lowest BCUT2D eigenvalue weighted by atomic mass is 10.2. The quantitative estimate of drug-likeness (QED) is 0.899. The SMILES string of the molecule is CN(C)c1nc2cc(NC(=O)C3(N)CC3)ccc2o1.Cl.Cl. The summed E-state index contributed by atoms with van der Waals surface area (Å²) in [6.45, 7) is 0. The first-order valence-electron chi connectivity index (χ1n) is 6.16. The van der Waals surface area contributed by atoms with Crippen LogP contribution in [-0.4, -0.2) is 30.5 Å². The van der Waals surface area contributed by atoms with Crippen LogP contribution in [0.2, 0.25) is 0 Å². The number of hydrogen-bond donors (Lipinski definition) is 2. The normalized spacial score (nSPS) is 14.8. The van der Waals surface area contributed by atoms with E-state index in [1.807, 2.05) is 14.1 Å². The highest BCUT2D eigenvalue weighted by molar-refractivity contribution is 6.01. The number of amides is 1. The van der Waals surface area contributed by atoms with Crippen molar-refractivity contribution in [2.75, 3.05) is 24.3 Å². The van der Waals surface area contributed by atoms with Crippen molar-refractivity contribution >= 4 is 53.5 Å². The van der Waals surface area contributed by atoms with E-state index >= 15 is 0 Å². The van der Waals surface area contributed by atoms with Gasteiger partial charge in [0.2, 0.25) is 5.91 Å². The fourth-order valence-electron chi connectivity index (χ4n) is 1.80. The van der Waals surface area contributed by atoms with E-state index in [0.29, 0.717) is 22.8 Å². The Morgan fingerprint density at radius 3 is 2.62 bits per heavy atom. The predicted molar refractivity (Wildman–Crippen MR) is 87.6 cm³/mol. The van der Waals surface area contributed by atoms with Crippen molar-refractivity contribution < 1.29 is 9.21 Å². The van der Waals surface area contributed by atoms with E-state index in [2.05, 4.69) is 10.3 Å². The Morgan fingerprint density at radius 1 is 1.38 bits per heavy atom. The number of halogens is 2. The minimum Gasteiger partial charge on any atom is -0.423 e. The van der Waals surface area contributed by atoms with Crippen LogP contribution < -0.4 is 16.0 Å². The molecule has 3 rings (SSSR count). The summed E-state index contributed by atoms with van der Waals surface area (Å²) in [7, 11) is 3.72. The van der Waals surface area contributed by atoms with Gasteiger partial charge in [-0.3, -0.25) is 4.79 Å². The average molecular weight is 333 g/mol.